The van der Waals surface area contributed by atoms with Crippen LogP contribution >= 0.6 is 0 Å². The van der Waals surface area contributed by atoms with Gasteiger partial charge in [0.15, 0.2) is 18.1 Å². The monoisotopic (exact) mass is 271 g/mol. The molecule has 0 saturated heterocycles. The molecular formula is C14H9NO5. The highest BCUT2D eigenvalue weighted by molar-refractivity contribution is 6.52. The Hall–Kier alpha value is -2.76. The van der Waals surface area contributed by atoms with Gasteiger partial charge in [-0.3, -0.25) is 14.4 Å². The Morgan fingerprint density at radius 2 is 1.90 bits per heavy atom. The third-order valence-corrected chi connectivity index (χ3v) is 2.91. The van der Waals surface area contributed by atoms with Crippen LogP contribution in [-0.2, 0) is 16.1 Å². The molecule has 3 rings (SSSR count). The van der Waals surface area contributed by atoms with Crippen LogP contribution in [-0.4, -0.2) is 22.5 Å². The summed E-state index contributed by atoms with van der Waals surface area (Å²) >= 11 is 0. The summed E-state index contributed by atoms with van der Waals surface area (Å²) < 4.78 is 10.2. The van der Waals surface area contributed by atoms with Crippen molar-refractivity contribution in [1.82, 2.24) is 4.98 Å². The van der Waals surface area contributed by atoms with Crippen LogP contribution in [0.4, 0.5) is 0 Å². The van der Waals surface area contributed by atoms with E-state index in [0.29, 0.717) is 11.1 Å². The quantitative estimate of drug-likeness (QED) is 0.611. The van der Waals surface area contributed by atoms with Crippen molar-refractivity contribution in [2.75, 3.05) is 0 Å². The van der Waals surface area contributed by atoms with Crippen LogP contribution in [0.3, 0.4) is 0 Å². The van der Waals surface area contributed by atoms with E-state index in [1.807, 2.05) is 0 Å². The van der Waals surface area contributed by atoms with E-state index >= 15 is 0 Å². The normalized spacial score (nSPS) is 12.8. The number of benzene rings is 1. The number of hydrogen-bond acceptors (Lipinski definition) is 6. The smallest absolute Gasteiger partial charge is 0.303 e. The third kappa shape index (κ3) is 1.82. The molecule has 1 heterocycles. The molecule has 0 atom stereocenters. The van der Waals surface area contributed by atoms with Gasteiger partial charge in [0.2, 0.25) is 11.7 Å². The molecule has 6 nitrogen and oxygen atoms in total. The molecule has 0 unspecified atom stereocenters. The van der Waals surface area contributed by atoms with Crippen LogP contribution < -0.4 is 0 Å². The molecule has 0 amide bonds. The van der Waals surface area contributed by atoms with Crippen molar-refractivity contribution < 1.29 is 23.5 Å². The Morgan fingerprint density at radius 1 is 1.20 bits per heavy atom. The summed E-state index contributed by atoms with van der Waals surface area (Å²) in [5, 5.41) is 0. The second kappa shape index (κ2) is 4.41. The molecular weight excluding hydrogens is 262 g/mol. The average molecular weight is 271 g/mol. The predicted octanol–water partition coefficient (Wildman–Crippen LogP) is 1.78. The molecule has 0 saturated carbocycles. The van der Waals surface area contributed by atoms with E-state index in [4.69, 9.17) is 9.15 Å². The van der Waals surface area contributed by atoms with E-state index < -0.39 is 17.5 Å². The zero-order chi connectivity index (χ0) is 14.3. The van der Waals surface area contributed by atoms with Gasteiger partial charge in [-0.2, -0.15) is 0 Å². The number of ketones is 2. The maximum atomic E-state index is 12.0. The highest BCUT2D eigenvalue weighted by Gasteiger charge is 2.35. The number of aromatic nitrogens is 1. The molecule has 6 heteroatoms. The molecule has 0 N–H and O–H groups in total. The molecule has 0 bridgehead atoms. The molecule has 1 aromatic heterocycles. The minimum absolute atomic E-state index is 0.0316. The fraction of sp³-hybridized carbons (Fsp3) is 0.143. The number of rotatable bonds is 2. The van der Waals surface area contributed by atoms with Gasteiger partial charge in [-0.05, 0) is 0 Å². The Balaban J connectivity index is 2.08. The summed E-state index contributed by atoms with van der Waals surface area (Å²) in [5.74, 6) is -1.48. The van der Waals surface area contributed by atoms with E-state index in [1.54, 1.807) is 24.3 Å². The van der Waals surface area contributed by atoms with Crippen molar-refractivity contribution in [1.29, 1.82) is 0 Å². The highest BCUT2D eigenvalue weighted by Crippen LogP contribution is 2.33. The fourth-order valence-electron chi connectivity index (χ4n) is 2.03. The predicted molar refractivity (Wildman–Crippen MR) is 66.1 cm³/mol. The minimum atomic E-state index is -0.712. The molecule has 100 valence electrons. The van der Waals surface area contributed by atoms with E-state index in [0.717, 1.165) is 0 Å². The van der Waals surface area contributed by atoms with Crippen LogP contribution in [0.15, 0.2) is 28.7 Å². The van der Waals surface area contributed by atoms with Gasteiger partial charge in [-0.1, -0.05) is 24.3 Å². The molecule has 0 aliphatic heterocycles. The first-order chi connectivity index (χ1) is 9.58. The third-order valence-electron chi connectivity index (χ3n) is 2.91. The summed E-state index contributed by atoms with van der Waals surface area (Å²) in [6.45, 7) is 1.08. The Labute approximate surface area is 113 Å². The van der Waals surface area contributed by atoms with Gasteiger partial charge in [-0.15, -0.1) is 0 Å². The number of esters is 1. The second-order valence-electron chi connectivity index (χ2n) is 4.27. The molecule has 2 aromatic rings. The molecule has 20 heavy (non-hydrogen) atoms. The SMILES string of the molecule is CC(=O)OCc1nc2c(o1)-c1ccccc1C(=O)C2=O. The lowest BCUT2D eigenvalue weighted by atomic mass is 9.91. The first-order valence-corrected chi connectivity index (χ1v) is 5.89. The molecule has 1 aliphatic carbocycles. The maximum absolute atomic E-state index is 12.0. The highest BCUT2D eigenvalue weighted by atomic mass is 16.5. The lowest BCUT2D eigenvalue weighted by Gasteiger charge is -2.10. The van der Waals surface area contributed by atoms with Crippen LogP contribution in [0.1, 0.15) is 33.7 Å². The first-order valence-electron chi connectivity index (χ1n) is 5.89. The van der Waals surface area contributed by atoms with E-state index in [1.165, 1.54) is 6.92 Å². The van der Waals surface area contributed by atoms with E-state index in [2.05, 4.69) is 4.98 Å². The van der Waals surface area contributed by atoms with E-state index in [9.17, 15) is 14.4 Å². The Morgan fingerprint density at radius 3 is 2.60 bits per heavy atom. The van der Waals surface area contributed by atoms with Crippen molar-refractivity contribution in [3.8, 4) is 11.3 Å². The number of nitrogens with zero attached hydrogens (tertiary/aromatic N) is 1. The number of carbonyl (C=O) groups excluding carboxylic acids is 3. The summed E-state index contributed by atoms with van der Waals surface area (Å²) in [4.78, 5) is 38.6. The molecule has 1 aromatic carbocycles. The van der Waals surface area contributed by atoms with Gasteiger partial charge in [-0.25, -0.2) is 4.98 Å². The number of fused-ring (bicyclic) bond motifs is 3. The lowest BCUT2D eigenvalue weighted by Crippen LogP contribution is -2.20. The molecule has 0 spiro atoms. The number of carbonyl (C=O) groups is 3. The summed E-state index contributed by atoms with van der Waals surface area (Å²) in [5.41, 5.74) is 0.782. The second-order valence-corrected chi connectivity index (χ2v) is 4.27. The summed E-state index contributed by atoms with van der Waals surface area (Å²) in [6.07, 6.45) is 0. The Kier molecular flexibility index (Phi) is 2.71. The van der Waals surface area contributed by atoms with Gasteiger partial charge in [0.1, 0.15) is 0 Å². The lowest BCUT2D eigenvalue weighted by molar-refractivity contribution is -0.142. The van der Waals surface area contributed by atoms with Crippen LogP contribution in [0.2, 0.25) is 0 Å². The standard InChI is InChI=1S/C14H9NO5/c1-7(16)19-6-10-15-11-13(18)12(17)8-4-2-3-5-9(8)14(11)20-10/h2-5H,6H2,1H3. The summed E-state index contributed by atoms with van der Waals surface area (Å²) in [7, 11) is 0. The minimum Gasteiger partial charge on any atom is -0.456 e. The van der Waals surface area contributed by atoms with Gasteiger partial charge < -0.3 is 9.15 Å². The largest absolute Gasteiger partial charge is 0.456 e. The van der Waals surface area contributed by atoms with Gasteiger partial charge in [0, 0.05) is 18.1 Å². The molecule has 0 radical (unpaired) electrons. The number of Topliss-reactive ketones (excluding diaryl/α,β-unsaturated/α-hetero) is 2. The maximum Gasteiger partial charge on any atom is 0.303 e. The summed E-state index contributed by atoms with van der Waals surface area (Å²) in [6, 6.07) is 6.65. The van der Waals surface area contributed by atoms with Gasteiger partial charge in [0.25, 0.3) is 5.78 Å². The number of hydrogen-bond donors (Lipinski definition) is 0. The van der Waals surface area contributed by atoms with Crippen LogP contribution in [0.5, 0.6) is 0 Å². The Bertz CT molecular complexity index is 744. The van der Waals surface area contributed by atoms with Crippen molar-refractivity contribution in [2.45, 2.75) is 13.5 Å². The van der Waals surface area contributed by atoms with Gasteiger partial charge >= 0.3 is 5.97 Å². The average Bonchev–Trinajstić information content (AvgIpc) is 2.87. The van der Waals surface area contributed by atoms with E-state index in [-0.39, 0.29) is 24.0 Å². The van der Waals surface area contributed by atoms with Crippen molar-refractivity contribution in [3.63, 3.8) is 0 Å². The van der Waals surface area contributed by atoms with Crippen LogP contribution in [0.25, 0.3) is 11.3 Å². The first kappa shape index (κ1) is 12.3. The van der Waals surface area contributed by atoms with Crippen molar-refractivity contribution >= 4 is 17.5 Å². The van der Waals surface area contributed by atoms with Gasteiger partial charge in [0.05, 0.1) is 0 Å². The zero-order valence-corrected chi connectivity index (χ0v) is 10.5. The van der Waals surface area contributed by atoms with Crippen molar-refractivity contribution in [2.24, 2.45) is 0 Å². The zero-order valence-electron chi connectivity index (χ0n) is 10.5. The molecule has 0 fully saturated rings. The van der Waals surface area contributed by atoms with Crippen molar-refractivity contribution in [3.05, 3.63) is 41.4 Å². The number of ether oxygens (including phenoxy) is 1. The topological polar surface area (TPSA) is 86.5 Å². The number of oxazole rings is 1. The molecule has 1 aliphatic rings. The fourth-order valence-corrected chi connectivity index (χ4v) is 2.03. The van der Waals surface area contributed by atoms with Crippen LogP contribution in [0, 0.1) is 0 Å².